The average molecular weight is 249 g/mol. The van der Waals surface area contributed by atoms with Crippen molar-refractivity contribution in [1.82, 2.24) is 19.8 Å². The fraction of sp³-hybridized carbons (Fsp3) is 0.400. The first-order valence-electron chi connectivity index (χ1n) is 5.45. The Hall–Kier alpha value is -1.76. The molecule has 0 fully saturated rings. The number of carbonyl (C=O) groups excluding carboxylic acids is 1. The van der Waals surface area contributed by atoms with E-state index in [0.717, 1.165) is 19.3 Å². The van der Waals surface area contributed by atoms with Crippen LogP contribution in [0.3, 0.4) is 0 Å². The first-order chi connectivity index (χ1) is 8.33. The summed E-state index contributed by atoms with van der Waals surface area (Å²) in [6.45, 7) is 0. The molecular weight excluding hydrogens is 238 g/mol. The first-order valence-corrected chi connectivity index (χ1v) is 6.27. The van der Waals surface area contributed by atoms with Gasteiger partial charge in [-0.2, -0.15) is 4.52 Å². The van der Waals surface area contributed by atoms with E-state index in [1.54, 1.807) is 4.52 Å². The van der Waals surface area contributed by atoms with Gasteiger partial charge in [-0.05, 0) is 19.3 Å². The Morgan fingerprint density at radius 2 is 2.47 bits per heavy atom. The van der Waals surface area contributed by atoms with Crippen LogP contribution in [0, 0.1) is 5.92 Å². The summed E-state index contributed by atoms with van der Waals surface area (Å²) in [5.41, 5.74) is 0. The number of nitrogens with zero attached hydrogens (tertiary/aromatic N) is 4. The highest BCUT2D eigenvalue weighted by Gasteiger charge is 2.20. The van der Waals surface area contributed by atoms with E-state index in [1.165, 1.54) is 17.7 Å². The lowest BCUT2D eigenvalue weighted by molar-refractivity contribution is -0.120. The molecule has 1 N–H and O–H groups in total. The third-order valence-electron chi connectivity index (χ3n) is 2.76. The molecule has 88 valence electrons. The van der Waals surface area contributed by atoms with Gasteiger partial charge >= 0.3 is 0 Å². The van der Waals surface area contributed by atoms with Crippen molar-refractivity contribution in [3.05, 3.63) is 18.5 Å². The molecule has 1 aliphatic rings. The topological polar surface area (TPSA) is 72.2 Å². The second kappa shape index (κ2) is 4.25. The molecule has 1 atom stereocenters. The molecule has 3 rings (SSSR count). The monoisotopic (exact) mass is 249 g/mol. The molecule has 2 aromatic heterocycles. The SMILES string of the molecule is O=C(Nc1nn2cnnc2s1)[C@H]1CC=CCC1. The van der Waals surface area contributed by atoms with E-state index in [2.05, 4.69) is 32.8 Å². The van der Waals surface area contributed by atoms with Gasteiger partial charge in [0.2, 0.25) is 16.0 Å². The Labute approximate surface area is 101 Å². The van der Waals surface area contributed by atoms with Gasteiger partial charge in [0.05, 0.1) is 0 Å². The first kappa shape index (κ1) is 10.4. The minimum absolute atomic E-state index is 0.0410. The summed E-state index contributed by atoms with van der Waals surface area (Å²) in [4.78, 5) is 12.6. The normalized spacial score (nSPS) is 19.6. The smallest absolute Gasteiger partial charge is 0.236 e. The maximum Gasteiger partial charge on any atom is 0.236 e. The van der Waals surface area contributed by atoms with E-state index in [-0.39, 0.29) is 11.8 Å². The predicted octanol–water partition coefficient (Wildman–Crippen LogP) is 1.48. The highest BCUT2D eigenvalue weighted by molar-refractivity contribution is 7.20. The van der Waals surface area contributed by atoms with E-state index in [0.29, 0.717) is 10.1 Å². The number of hydrogen-bond donors (Lipinski definition) is 1. The Bertz CT molecular complexity index is 544. The second-order valence-electron chi connectivity index (χ2n) is 3.94. The highest BCUT2D eigenvalue weighted by atomic mass is 32.1. The Morgan fingerprint density at radius 1 is 1.53 bits per heavy atom. The molecule has 6 nitrogen and oxygen atoms in total. The molecule has 0 aromatic carbocycles. The molecule has 7 heteroatoms. The van der Waals surface area contributed by atoms with Crippen LogP contribution in [-0.4, -0.2) is 25.7 Å². The molecule has 0 saturated heterocycles. The van der Waals surface area contributed by atoms with E-state index in [4.69, 9.17) is 0 Å². The largest absolute Gasteiger partial charge is 0.300 e. The number of aromatic nitrogens is 4. The Balaban J connectivity index is 1.72. The quantitative estimate of drug-likeness (QED) is 0.818. The number of rotatable bonds is 2. The fourth-order valence-electron chi connectivity index (χ4n) is 1.85. The molecule has 0 saturated carbocycles. The van der Waals surface area contributed by atoms with Gasteiger partial charge in [-0.15, -0.1) is 15.3 Å². The summed E-state index contributed by atoms with van der Waals surface area (Å²) in [5.74, 6) is 0.105. The van der Waals surface area contributed by atoms with E-state index >= 15 is 0 Å². The van der Waals surface area contributed by atoms with Gasteiger partial charge in [-0.25, -0.2) is 0 Å². The molecule has 2 heterocycles. The molecule has 0 bridgehead atoms. The molecule has 1 amide bonds. The van der Waals surface area contributed by atoms with Crippen molar-refractivity contribution in [1.29, 1.82) is 0 Å². The summed E-state index contributed by atoms with van der Waals surface area (Å²) in [7, 11) is 0. The second-order valence-corrected chi connectivity index (χ2v) is 4.89. The third kappa shape index (κ3) is 2.05. The van der Waals surface area contributed by atoms with Crippen LogP contribution in [0.4, 0.5) is 5.13 Å². The van der Waals surface area contributed by atoms with Gasteiger partial charge in [0, 0.05) is 5.92 Å². The standard InChI is InChI=1S/C10H11N5OS/c16-8(7-4-2-1-3-5-7)12-9-14-15-6-11-13-10(15)17-9/h1-2,6-7H,3-5H2,(H,12,14,16)/t7-/m0/s1. The number of allylic oxidation sites excluding steroid dienone is 2. The van der Waals surface area contributed by atoms with Crippen molar-refractivity contribution in [3.8, 4) is 0 Å². The molecule has 0 aliphatic heterocycles. The molecule has 0 unspecified atom stereocenters. The third-order valence-corrected chi connectivity index (χ3v) is 3.59. The number of nitrogens with one attached hydrogen (secondary N) is 1. The van der Waals surface area contributed by atoms with Crippen LogP contribution in [0.5, 0.6) is 0 Å². The zero-order chi connectivity index (χ0) is 11.7. The summed E-state index contributed by atoms with van der Waals surface area (Å²) in [5, 5.41) is 15.2. The summed E-state index contributed by atoms with van der Waals surface area (Å²) in [6, 6.07) is 0. The maximum atomic E-state index is 11.9. The van der Waals surface area contributed by atoms with Crippen molar-refractivity contribution in [2.24, 2.45) is 5.92 Å². The summed E-state index contributed by atoms with van der Waals surface area (Å²) < 4.78 is 1.56. The molecule has 1 aliphatic carbocycles. The lowest BCUT2D eigenvalue weighted by atomic mass is 9.94. The zero-order valence-corrected chi connectivity index (χ0v) is 9.85. The summed E-state index contributed by atoms with van der Waals surface area (Å²) >= 11 is 1.32. The van der Waals surface area contributed by atoms with E-state index in [1.807, 2.05) is 0 Å². The van der Waals surface area contributed by atoms with Gasteiger partial charge < -0.3 is 5.32 Å². The van der Waals surface area contributed by atoms with E-state index < -0.39 is 0 Å². The summed E-state index contributed by atoms with van der Waals surface area (Å²) in [6.07, 6.45) is 8.40. The van der Waals surface area contributed by atoms with Gasteiger partial charge in [0.25, 0.3) is 0 Å². The van der Waals surface area contributed by atoms with Crippen LogP contribution >= 0.6 is 11.3 Å². The van der Waals surface area contributed by atoms with Crippen LogP contribution in [0.25, 0.3) is 4.96 Å². The lowest BCUT2D eigenvalue weighted by Crippen LogP contribution is -2.23. The molecule has 0 spiro atoms. The van der Waals surface area contributed by atoms with Crippen molar-refractivity contribution in [2.45, 2.75) is 19.3 Å². The van der Waals surface area contributed by atoms with Crippen molar-refractivity contribution in [2.75, 3.05) is 5.32 Å². The van der Waals surface area contributed by atoms with E-state index in [9.17, 15) is 4.79 Å². The van der Waals surface area contributed by atoms with Crippen LogP contribution in [0.2, 0.25) is 0 Å². The minimum atomic E-state index is 0.0410. The molecule has 2 aromatic rings. The zero-order valence-electron chi connectivity index (χ0n) is 9.04. The van der Waals surface area contributed by atoms with Gasteiger partial charge in [0.1, 0.15) is 6.33 Å². The van der Waals surface area contributed by atoms with Crippen LogP contribution < -0.4 is 5.32 Å². The predicted molar refractivity (Wildman–Crippen MR) is 63.8 cm³/mol. The number of carbonyl (C=O) groups is 1. The van der Waals surface area contributed by atoms with Crippen molar-refractivity contribution < 1.29 is 4.79 Å². The van der Waals surface area contributed by atoms with Crippen LogP contribution in [0.15, 0.2) is 18.5 Å². The van der Waals surface area contributed by atoms with Crippen LogP contribution in [-0.2, 0) is 4.79 Å². The number of hydrogen-bond acceptors (Lipinski definition) is 5. The number of amides is 1. The highest BCUT2D eigenvalue weighted by Crippen LogP contribution is 2.22. The lowest BCUT2D eigenvalue weighted by Gasteiger charge is -2.15. The molecule has 0 radical (unpaired) electrons. The fourth-order valence-corrected chi connectivity index (χ4v) is 2.57. The average Bonchev–Trinajstić information content (AvgIpc) is 2.90. The van der Waals surface area contributed by atoms with Crippen molar-refractivity contribution in [3.63, 3.8) is 0 Å². The maximum absolute atomic E-state index is 11.9. The minimum Gasteiger partial charge on any atom is -0.300 e. The molecular formula is C10H11N5OS. The van der Waals surface area contributed by atoms with Crippen molar-refractivity contribution >= 4 is 27.3 Å². The molecule has 17 heavy (non-hydrogen) atoms. The van der Waals surface area contributed by atoms with Gasteiger partial charge in [-0.3, -0.25) is 4.79 Å². The number of anilines is 1. The Kier molecular flexibility index (Phi) is 2.60. The van der Waals surface area contributed by atoms with Gasteiger partial charge in [-0.1, -0.05) is 23.5 Å². The van der Waals surface area contributed by atoms with Crippen LogP contribution in [0.1, 0.15) is 19.3 Å². The number of fused-ring (bicyclic) bond motifs is 1. The van der Waals surface area contributed by atoms with Gasteiger partial charge in [0.15, 0.2) is 0 Å². The Morgan fingerprint density at radius 3 is 3.24 bits per heavy atom.